The van der Waals surface area contributed by atoms with Crippen LogP contribution in [0.5, 0.6) is 0 Å². The highest BCUT2D eigenvalue weighted by molar-refractivity contribution is 5.88. The first-order valence-corrected chi connectivity index (χ1v) is 12.4. The van der Waals surface area contributed by atoms with Gasteiger partial charge in [0.15, 0.2) is 18.3 Å². The zero-order valence-electron chi connectivity index (χ0n) is 22.1. The number of H-pyrrole nitrogens is 2. The van der Waals surface area contributed by atoms with E-state index in [2.05, 4.69) is 9.97 Å². The summed E-state index contributed by atoms with van der Waals surface area (Å²) in [6.07, 6.45) is -0.166. The molecule has 4 aromatic rings. The van der Waals surface area contributed by atoms with Crippen LogP contribution < -0.4 is 0 Å². The summed E-state index contributed by atoms with van der Waals surface area (Å²) < 4.78 is 22.3. The summed E-state index contributed by atoms with van der Waals surface area (Å²) in [6, 6.07) is 15.2. The molecule has 3 atom stereocenters. The predicted molar refractivity (Wildman–Crippen MR) is 142 cm³/mol. The largest absolute Gasteiger partial charge is 0.462 e. The van der Waals surface area contributed by atoms with Gasteiger partial charge < -0.3 is 28.9 Å². The second-order valence-corrected chi connectivity index (χ2v) is 9.16. The van der Waals surface area contributed by atoms with Crippen molar-refractivity contribution in [3.05, 3.63) is 72.1 Å². The Bertz CT molecular complexity index is 1430. The minimum absolute atomic E-state index is 0.418. The normalized spacial score (nSPS) is 13.6. The number of para-hydroxylation sites is 2. The molecule has 2 N–H and O–H groups in total. The first-order valence-electron chi connectivity index (χ1n) is 12.4. The molecule has 2 heterocycles. The number of hydrogen-bond acceptors (Lipinski definition) is 8. The van der Waals surface area contributed by atoms with E-state index in [1.807, 2.05) is 60.9 Å². The number of benzene rings is 2. The van der Waals surface area contributed by atoms with Crippen molar-refractivity contribution in [2.45, 2.75) is 51.9 Å². The molecular weight excluding hydrogens is 504 g/mol. The highest BCUT2D eigenvalue weighted by atomic mass is 16.6. The molecule has 2 aromatic carbocycles. The number of hydrogen-bond donors (Lipinski definition) is 2. The fraction of sp³-hybridized carbons (Fsp3) is 0.310. The monoisotopic (exact) mass is 534 g/mol. The smallest absolute Gasteiger partial charge is 0.303 e. The second kappa shape index (κ2) is 11.8. The van der Waals surface area contributed by atoms with E-state index >= 15 is 0 Å². The Kier molecular flexibility index (Phi) is 8.33. The number of ether oxygens (including phenoxy) is 4. The zero-order valence-corrected chi connectivity index (χ0v) is 22.1. The van der Waals surface area contributed by atoms with Crippen LogP contribution in [0.1, 0.15) is 44.7 Å². The maximum atomic E-state index is 12.6. The van der Waals surface area contributed by atoms with Gasteiger partial charge in [-0.1, -0.05) is 36.4 Å². The van der Waals surface area contributed by atoms with E-state index in [0.717, 1.165) is 32.9 Å². The first-order chi connectivity index (χ1) is 18.7. The molecule has 0 saturated carbocycles. The highest BCUT2D eigenvalue weighted by Crippen LogP contribution is 2.40. The van der Waals surface area contributed by atoms with E-state index in [-0.39, 0.29) is 0 Å². The Labute approximate surface area is 224 Å². The van der Waals surface area contributed by atoms with E-state index in [0.29, 0.717) is 0 Å². The molecular formula is C29H30N2O8. The van der Waals surface area contributed by atoms with Gasteiger partial charge in [-0.05, 0) is 23.3 Å². The van der Waals surface area contributed by atoms with Gasteiger partial charge in [0.1, 0.15) is 6.61 Å². The summed E-state index contributed by atoms with van der Waals surface area (Å²) in [5.74, 6) is -3.37. The first kappa shape index (κ1) is 27.4. The molecule has 0 saturated heterocycles. The van der Waals surface area contributed by atoms with Crippen molar-refractivity contribution in [3.63, 3.8) is 0 Å². The summed E-state index contributed by atoms with van der Waals surface area (Å²) in [7, 11) is 0. The standard InChI is InChI=1S/C29H30N2O8/c1-16(32)36-15-26(37-17(2)33)28(38-18(3)34)29(39-19(4)35)27(22-13-30-24-11-7-5-9-20(22)24)23-14-31-25-12-8-6-10-21(23)25/h5-14,26-31H,15H2,1-4H3/t26-,28-,29-/m0/s1. The maximum Gasteiger partial charge on any atom is 0.303 e. The third-order valence-electron chi connectivity index (χ3n) is 6.30. The second-order valence-electron chi connectivity index (χ2n) is 9.16. The van der Waals surface area contributed by atoms with Crippen LogP contribution in [-0.2, 0) is 38.1 Å². The number of nitrogens with one attached hydrogen (secondary N) is 2. The van der Waals surface area contributed by atoms with E-state index in [1.165, 1.54) is 27.7 Å². The van der Waals surface area contributed by atoms with Gasteiger partial charge in [-0.3, -0.25) is 19.2 Å². The summed E-state index contributed by atoms with van der Waals surface area (Å²) in [6.45, 7) is 4.41. The lowest BCUT2D eigenvalue weighted by atomic mass is 9.82. The SMILES string of the molecule is CC(=O)OC[C@H](OC(C)=O)[C@H](OC(C)=O)[C@@H](OC(C)=O)C(c1c[nH]c2ccccc12)c1c[nH]c2ccccc12. The van der Waals surface area contributed by atoms with Crippen LogP contribution in [0.3, 0.4) is 0 Å². The molecule has 0 fully saturated rings. The van der Waals surface area contributed by atoms with Crippen LogP contribution in [0.4, 0.5) is 0 Å². The lowest BCUT2D eigenvalue weighted by Crippen LogP contribution is -2.50. The molecule has 0 aliphatic rings. The van der Waals surface area contributed by atoms with E-state index < -0.39 is 54.7 Å². The Morgan fingerprint density at radius 2 is 1.10 bits per heavy atom. The quantitative estimate of drug-likeness (QED) is 0.229. The molecule has 0 amide bonds. The fourth-order valence-corrected chi connectivity index (χ4v) is 4.90. The van der Waals surface area contributed by atoms with Crippen LogP contribution in [0.2, 0.25) is 0 Å². The molecule has 4 rings (SSSR count). The van der Waals surface area contributed by atoms with Gasteiger partial charge in [0.05, 0.1) is 5.92 Å². The zero-order chi connectivity index (χ0) is 28.1. The minimum Gasteiger partial charge on any atom is -0.462 e. The topological polar surface area (TPSA) is 137 Å². The fourth-order valence-electron chi connectivity index (χ4n) is 4.90. The lowest BCUT2D eigenvalue weighted by Gasteiger charge is -2.36. The third-order valence-corrected chi connectivity index (χ3v) is 6.30. The molecule has 10 heteroatoms. The minimum atomic E-state index is -1.33. The van der Waals surface area contributed by atoms with Crippen molar-refractivity contribution < 1.29 is 38.1 Å². The van der Waals surface area contributed by atoms with Crippen molar-refractivity contribution in [1.82, 2.24) is 9.97 Å². The number of carbonyl (C=O) groups is 4. The summed E-state index contributed by atoms with van der Waals surface area (Å²) in [5.41, 5.74) is 3.21. The van der Waals surface area contributed by atoms with Crippen molar-refractivity contribution in [2.24, 2.45) is 0 Å². The number of fused-ring (bicyclic) bond motifs is 2. The third kappa shape index (κ3) is 6.28. The highest BCUT2D eigenvalue weighted by Gasteiger charge is 2.44. The van der Waals surface area contributed by atoms with Gasteiger partial charge in [0.2, 0.25) is 0 Å². The Hall–Kier alpha value is -4.60. The van der Waals surface area contributed by atoms with Gasteiger partial charge >= 0.3 is 23.9 Å². The Balaban J connectivity index is 1.97. The Morgan fingerprint density at radius 1 is 0.641 bits per heavy atom. The molecule has 204 valence electrons. The molecule has 0 bridgehead atoms. The molecule has 10 nitrogen and oxygen atoms in total. The van der Waals surface area contributed by atoms with Crippen LogP contribution in [0.15, 0.2) is 60.9 Å². The van der Waals surface area contributed by atoms with Gasteiger partial charge in [0.25, 0.3) is 0 Å². The molecule has 0 aliphatic heterocycles. The lowest BCUT2D eigenvalue weighted by molar-refractivity contribution is -0.190. The van der Waals surface area contributed by atoms with Gasteiger partial charge in [0, 0.05) is 61.9 Å². The molecule has 0 radical (unpaired) electrons. The molecule has 0 unspecified atom stereocenters. The van der Waals surface area contributed by atoms with Gasteiger partial charge in [-0.15, -0.1) is 0 Å². The van der Waals surface area contributed by atoms with E-state index in [1.54, 1.807) is 0 Å². The number of carbonyl (C=O) groups excluding carboxylic acids is 4. The van der Waals surface area contributed by atoms with Crippen LogP contribution >= 0.6 is 0 Å². The van der Waals surface area contributed by atoms with E-state index in [9.17, 15) is 19.2 Å². The number of rotatable bonds is 10. The van der Waals surface area contributed by atoms with Crippen molar-refractivity contribution in [1.29, 1.82) is 0 Å². The summed E-state index contributed by atoms with van der Waals surface area (Å²) in [5, 5.41) is 1.71. The van der Waals surface area contributed by atoms with Gasteiger partial charge in [-0.2, -0.15) is 0 Å². The molecule has 0 aliphatic carbocycles. The maximum absolute atomic E-state index is 12.6. The summed E-state index contributed by atoms with van der Waals surface area (Å²) >= 11 is 0. The number of aromatic nitrogens is 2. The van der Waals surface area contributed by atoms with Gasteiger partial charge in [-0.25, -0.2) is 0 Å². The summed E-state index contributed by atoms with van der Waals surface area (Å²) in [4.78, 5) is 55.2. The van der Waals surface area contributed by atoms with Crippen molar-refractivity contribution in [2.75, 3.05) is 6.61 Å². The molecule has 39 heavy (non-hydrogen) atoms. The average Bonchev–Trinajstić information content (AvgIpc) is 3.49. The Morgan fingerprint density at radius 3 is 1.56 bits per heavy atom. The van der Waals surface area contributed by atoms with Crippen molar-refractivity contribution >= 4 is 45.7 Å². The predicted octanol–water partition coefficient (Wildman–Crippen LogP) is 4.14. The number of esters is 4. The van der Waals surface area contributed by atoms with Crippen molar-refractivity contribution in [3.8, 4) is 0 Å². The average molecular weight is 535 g/mol. The van der Waals surface area contributed by atoms with Crippen LogP contribution in [-0.4, -0.2) is 58.8 Å². The molecule has 0 spiro atoms. The van der Waals surface area contributed by atoms with Crippen LogP contribution in [0.25, 0.3) is 21.8 Å². The molecule has 2 aromatic heterocycles. The number of aromatic amines is 2. The van der Waals surface area contributed by atoms with E-state index in [4.69, 9.17) is 18.9 Å². The van der Waals surface area contributed by atoms with Crippen LogP contribution in [0, 0.1) is 0 Å².